The molecule has 0 saturated heterocycles. The van der Waals surface area contributed by atoms with E-state index in [1.54, 1.807) is 12.1 Å². The van der Waals surface area contributed by atoms with Crippen molar-refractivity contribution in [3.8, 4) is 11.1 Å². The van der Waals surface area contributed by atoms with Crippen LogP contribution in [-0.4, -0.2) is 29.1 Å². The van der Waals surface area contributed by atoms with E-state index in [0.29, 0.717) is 29.7 Å². The number of hydrogen-bond donors (Lipinski definition) is 3. The summed E-state index contributed by atoms with van der Waals surface area (Å²) in [5.41, 5.74) is 0.628. The van der Waals surface area contributed by atoms with E-state index >= 15 is 0 Å². The zero-order valence-corrected chi connectivity index (χ0v) is 19.5. The summed E-state index contributed by atoms with van der Waals surface area (Å²) in [6.45, 7) is 0. The van der Waals surface area contributed by atoms with Crippen molar-refractivity contribution in [3.05, 3.63) is 72.0 Å². The largest absolute Gasteiger partial charge is 0.349 e. The highest BCUT2D eigenvalue weighted by atomic mass is 32.2. The Bertz CT molecular complexity index is 1420. The first-order valence-corrected chi connectivity index (χ1v) is 13.1. The van der Waals surface area contributed by atoms with Crippen LogP contribution in [0.3, 0.4) is 0 Å². The Hall–Kier alpha value is -3.25. The fourth-order valence-corrected chi connectivity index (χ4v) is 4.87. The molecule has 7 nitrogen and oxygen atoms in total. The normalized spacial score (nSPS) is 13.7. The smallest absolute Gasteiger partial charge is 0.229 e. The number of anilines is 4. The average molecular weight is 512 g/mol. The summed E-state index contributed by atoms with van der Waals surface area (Å²) in [6, 6.07) is 11.9. The first-order chi connectivity index (χ1) is 16.0. The molecular formula is C22H20F3N3O4S2. The molecule has 4 rings (SSSR count). The number of nitrogens with one attached hydrogen (secondary N) is 2. The average Bonchev–Trinajstić information content (AvgIpc) is 3.58. The van der Waals surface area contributed by atoms with Gasteiger partial charge in [0.2, 0.25) is 20.9 Å². The zero-order chi connectivity index (χ0) is 24.6. The van der Waals surface area contributed by atoms with E-state index in [1.807, 2.05) is 0 Å². The number of halogens is 3. The number of thiol groups is 1. The van der Waals surface area contributed by atoms with E-state index in [-0.39, 0.29) is 17.4 Å². The molecule has 180 valence electrons. The summed E-state index contributed by atoms with van der Waals surface area (Å²) in [6.07, 6.45) is 2.20. The molecule has 0 bridgehead atoms. The Morgan fingerprint density at radius 3 is 2.12 bits per heavy atom. The fourth-order valence-electron chi connectivity index (χ4n) is 3.46. The van der Waals surface area contributed by atoms with Crippen LogP contribution < -0.4 is 14.3 Å². The highest BCUT2D eigenvalue weighted by molar-refractivity contribution is 7.92. The lowest BCUT2D eigenvalue weighted by Gasteiger charge is -2.22. The number of hydrogen-bond acceptors (Lipinski definition) is 5. The summed E-state index contributed by atoms with van der Waals surface area (Å²) in [4.78, 5) is 0. The number of nitrogens with zero attached hydrogens (tertiary/aromatic N) is 1. The minimum atomic E-state index is -3.44. The topological polar surface area (TPSA) is 95.6 Å². The molecule has 0 aliphatic heterocycles. The number of rotatable bonds is 8. The Morgan fingerprint density at radius 2 is 1.56 bits per heavy atom. The quantitative estimate of drug-likeness (QED) is 0.390. The van der Waals surface area contributed by atoms with E-state index < -0.39 is 44.1 Å². The Kier molecular flexibility index (Phi) is 6.45. The van der Waals surface area contributed by atoms with Gasteiger partial charge in [-0.05, 0) is 60.4 Å². The summed E-state index contributed by atoms with van der Waals surface area (Å²) in [7, 11) is -6.55. The van der Waals surface area contributed by atoms with E-state index in [0.717, 1.165) is 22.7 Å². The molecular weight excluding hydrogens is 491 g/mol. The molecule has 1 aliphatic carbocycles. The number of sulfonamides is 1. The molecule has 0 radical (unpaired) electrons. The molecule has 3 aromatic rings. The van der Waals surface area contributed by atoms with Gasteiger partial charge in [0.1, 0.15) is 11.5 Å². The van der Waals surface area contributed by atoms with E-state index in [1.165, 1.54) is 30.3 Å². The second-order valence-corrected chi connectivity index (χ2v) is 10.5. The second-order valence-electron chi connectivity index (χ2n) is 7.84. The Labute approximate surface area is 196 Å². The van der Waals surface area contributed by atoms with Crippen LogP contribution >= 0.6 is 0 Å². The van der Waals surface area contributed by atoms with Crippen molar-refractivity contribution in [1.29, 1.82) is 0 Å². The lowest BCUT2D eigenvalue weighted by atomic mass is 10.0. The van der Waals surface area contributed by atoms with Crippen LogP contribution in [0.25, 0.3) is 11.1 Å². The molecule has 2 N–H and O–H groups in total. The first kappa shape index (κ1) is 23.9. The van der Waals surface area contributed by atoms with Crippen molar-refractivity contribution in [1.82, 2.24) is 0 Å². The zero-order valence-electron chi connectivity index (χ0n) is 17.8. The van der Waals surface area contributed by atoms with Crippen LogP contribution in [0, 0.1) is 17.5 Å². The van der Waals surface area contributed by atoms with E-state index in [9.17, 15) is 30.0 Å². The van der Waals surface area contributed by atoms with Gasteiger partial charge in [0.25, 0.3) is 0 Å². The van der Waals surface area contributed by atoms with Crippen LogP contribution in [0.4, 0.5) is 35.9 Å². The van der Waals surface area contributed by atoms with Gasteiger partial charge in [0.15, 0.2) is 11.6 Å². The molecule has 0 atom stereocenters. The molecule has 12 heteroatoms. The van der Waals surface area contributed by atoms with Crippen molar-refractivity contribution in [2.24, 2.45) is 0 Å². The third-order valence-electron chi connectivity index (χ3n) is 5.14. The van der Waals surface area contributed by atoms with Gasteiger partial charge in [-0.25, -0.2) is 30.0 Å². The Morgan fingerprint density at radius 1 is 0.912 bits per heavy atom. The van der Waals surface area contributed by atoms with Gasteiger partial charge >= 0.3 is 0 Å². The molecule has 0 aromatic heterocycles. The van der Waals surface area contributed by atoms with Crippen LogP contribution in [0.2, 0.25) is 0 Å². The summed E-state index contributed by atoms with van der Waals surface area (Å²) >= 11 is 0. The second kappa shape index (κ2) is 9.18. The lowest BCUT2D eigenvalue weighted by Crippen LogP contribution is -2.25. The highest BCUT2D eigenvalue weighted by Gasteiger charge is 2.34. The fraction of sp³-hybridized carbons (Fsp3) is 0.182. The van der Waals surface area contributed by atoms with Gasteiger partial charge in [0, 0.05) is 11.7 Å². The van der Waals surface area contributed by atoms with Crippen LogP contribution in [0.5, 0.6) is 0 Å². The first-order valence-electron chi connectivity index (χ1n) is 10.1. The molecule has 34 heavy (non-hydrogen) atoms. The van der Waals surface area contributed by atoms with Gasteiger partial charge in [0.05, 0.1) is 17.6 Å². The van der Waals surface area contributed by atoms with E-state index in [2.05, 4.69) is 10.0 Å². The van der Waals surface area contributed by atoms with Crippen molar-refractivity contribution in [2.45, 2.75) is 18.9 Å². The molecule has 0 unspecified atom stereocenters. The third-order valence-corrected chi connectivity index (χ3v) is 6.64. The molecule has 0 heterocycles. The van der Waals surface area contributed by atoms with Gasteiger partial charge in [-0.2, -0.15) is 0 Å². The van der Waals surface area contributed by atoms with Crippen molar-refractivity contribution < 1.29 is 30.0 Å². The third kappa shape index (κ3) is 5.28. The van der Waals surface area contributed by atoms with E-state index in [4.69, 9.17) is 0 Å². The minimum absolute atomic E-state index is 0.102. The van der Waals surface area contributed by atoms with Gasteiger partial charge in [-0.3, -0.25) is 9.03 Å². The standard InChI is InChI=1S/C22H20F3N3O4S2/c1-34(31,32)27-15-5-2-13(3-6-15)14-4-10-19(18(24)12-14)26-22-20(11-9-17(23)21(22)25)28(33(29)30)16-7-8-16/h2-6,9-12,16,26-27,33H,7-8H2,1H3. The number of benzene rings is 3. The SMILES string of the molecule is CS(=O)(=O)Nc1ccc(-c2ccc(Nc3c(N(C4CC4)[SH](=O)=O)ccc(F)c3F)c(F)c2)cc1. The van der Waals surface area contributed by atoms with Crippen LogP contribution in [0.1, 0.15) is 12.8 Å². The summed E-state index contributed by atoms with van der Waals surface area (Å²) < 4.78 is 93.0. The molecule has 0 amide bonds. The Balaban J connectivity index is 1.64. The van der Waals surface area contributed by atoms with Crippen molar-refractivity contribution >= 4 is 43.7 Å². The summed E-state index contributed by atoms with van der Waals surface area (Å²) in [5, 5.41) is 2.51. The van der Waals surface area contributed by atoms with Crippen LogP contribution in [-0.2, 0) is 20.9 Å². The predicted octanol–water partition coefficient (Wildman–Crippen LogP) is 4.38. The maximum absolute atomic E-state index is 14.9. The van der Waals surface area contributed by atoms with Crippen molar-refractivity contribution in [2.75, 3.05) is 20.6 Å². The van der Waals surface area contributed by atoms with Gasteiger partial charge in [-0.1, -0.05) is 18.2 Å². The molecule has 1 aliphatic rings. The molecule has 0 spiro atoms. The van der Waals surface area contributed by atoms with Gasteiger partial charge in [-0.15, -0.1) is 0 Å². The highest BCUT2D eigenvalue weighted by Crippen LogP contribution is 2.40. The predicted molar refractivity (Wildman–Crippen MR) is 126 cm³/mol. The van der Waals surface area contributed by atoms with Crippen LogP contribution in [0.15, 0.2) is 54.6 Å². The maximum atomic E-state index is 14.9. The maximum Gasteiger partial charge on any atom is 0.229 e. The lowest BCUT2D eigenvalue weighted by molar-refractivity contribution is 0.511. The summed E-state index contributed by atoms with van der Waals surface area (Å²) in [5.74, 6) is -3.31. The minimum Gasteiger partial charge on any atom is -0.349 e. The monoisotopic (exact) mass is 511 g/mol. The van der Waals surface area contributed by atoms with Gasteiger partial charge < -0.3 is 5.32 Å². The molecule has 1 saturated carbocycles. The molecule has 1 fully saturated rings. The molecule has 3 aromatic carbocycles. The van der Waals surface area contributed by atoms with Crippen molar-refractivity contribution in [3.63, 3.8) is 0 Å².